The molecule has 1 aliphatic heterocycles. The Balaban J connectivity index is 1.25. The molecule has 0 radical (unpaired) electrons. The van der Waals surface area contributed by atoms with Gasteiger partial charge in [0, 0.05) is 62.8 Å². The van der Waals surface area contributed by atoms with Crippen LogP contribution in [0.4, 0.5) is 10.6 Å². The molecule has 2 amide bonds. The van der Waals surface area contributed by atoms with Crippen molar-refractivity contribution in [3.8, 4) is 17.2 Å². The van der Waals surface area contributed by atoms with Crippen molar-refractivity contribution >= 4 is 28.7 Å². The van der Waals surface area contributed by atoms with Gasteiger partial charge in [-0.25, -0.2) is 9.78 Å². The molecule has 1 fully saturated rings. The van der Waals surface area contributed by atoms with Crippen molar-refractivity contribution in [3.63, 3.8) is 0 Å². The van der Waals surface area contributed by atoms with Crippen LogP contribution in [0, 0.1) is 0 Å². The predicted molar refractivity (Wildman–Crippen MR) is 149 cm³/mol. The Kier molecular flexibility index (Phi) is 7.99. The summed E-state index contributed by atoms with van der Waals surface area (Å²) in [4.78, 5) is 31.6. The van der Waals surface area contributed by atoms with Gasteiger partial charge in [0.2, 0.25) is 0 Å². The van der Waals surface area contributed by atoms with Crippen LogP contribution < -0.4 is 20.1 Å². The summed E-state index contributed by atoms with van der Waals surface area (Å²) in [5.74, 6) is 1.36. The Morgan fingerprint density at radius 2 is 1.98 bits per heavy atom. The molecule has 210 valence electrons. The van der Waals surface area contributed by atoms with Gasteiger partial charge in [0.25, 0.3) is 5.91 Å². The number of carbonyl (C=O) groups excluding carboxylic acids is 2. The third-order valence-corrected chi connectivity index (χ3v) is 6.93. The second-order valence-electron chi connectivity index (χ2n) is 9.83. The van der Waals surface area contributed by atoms with Gasteiger partial charge < -0.3 is 30.1 Å². The molecule has 4 heterocycles. The van der Waals surface area contributed by atoms with Gasteiger partial charge in [-0.15, -0.1) is 0 Å². The Bertz CT molecular complexity index is 1500. The first-order valence-electron chi connectivity index (χ1n) is 13.2. The number of anilines is 1. The normalized spacial score (nSPS) is 15.1. The number of carbonyl (C=O) groups is 2. The van der Waals surface area contributed by atoms with Crippen LogP contribution in [0.2, 0.25) is 0 Å². The van der Waals surface area contributed by atoms with Crippen LogP contribution in [0.25, 0.3) is 10.9 Å². The predicted octanol–water partition coefficient (Wildman–Crippen LogP) is 3.49. The van der Waals surface area contributed by atoms with Crippen molar-refractivity contribution in [2.75, 3.05) is 39.1 Å². The Hall–Kier alpha value is -4.42. The fraction of sp³-hybridized carbons (Fsp3) is 0.357. The van der Waals surface area contributed by atoms with E-state index in [1.165, 1.54) is 11.7 Å². The fourth-order valence-electron chi connectivity index (χ4n) is 4.93. The van der Waals surface area contributed by atoms with E-state index in [1.54, 1.807) is 63.0 Å². The molecule has 1 aromatic carbocycles. The number of piperidine rings is 1. The SMILES string of the molecule is CNC(=O)n1ccc2cc(Oc3ccnc(NC(=O)c4cnn(C5CCN(C[C@H](C)O)CC5)c4)c3)c(OC)cc21. The van der Waals surface area contributed by atoms with Gasteiger partial charge in [-0.1, -0.05) is 0 Å². The summed E-state index contributed by atoms with van der Waals surface area (Å²) in [6.45, 7) is 4.23. The molecule has 12 heteroatoms. The van der Waals surface area contributed by atoms with Gasteiger partial charge in [-0.3, -0.25) is 14.0 Å². The number of methoxy groups -OCH3 is 1. The van der Waals surface area contributed by atoms with E-state index in [4.69, 9.17) is 9.47 Å². The number of aromatic nitrogens is 4. The molecule has 3 N–H and O–H groups in total. The minimum Gasteiger partial charge on any atom is -0.493 e. The molecule has 1 saturated heterocycles. The van der Waals surface area contributed by atoms with Gasteiger partial charge in [-0.05, 0) is 38.0 Å². The van der Waals surface area contributed by atoms with Crippen LogP contribution >= 0.6 is 0 Å². The van der Waals surface area contributed by atoms with E-state index in [2.05, 4.69) is 25.6 Å². The first-order valence-corrected chi connectivity index (χ1v) is 13.2. The quantitative estimate of drug-likeness (QED) is 0.305. The number of β-amino-alcohol motifs (C(OH)–C–C–N with tert-alkyl or cyclic N) is 1. The number of benzene rings is 1. The highest BCUT2D eigenvalue weighted by Gasteiger charge is 2.23. The maximum absolute atomic E-state index is 12.9. The minimum atomic E-state index is -0.345. The fourth-order valence-corrected chi connectivity index (χ4v) is 4.93. The first-order chi connectivity index (χ1) is 19.3. The van der Waals surface area contributed by atoms with Crippen LogP contribution in [-0.2, 0) is 0 Å². The lowest BCUT2D eigenvalue weighted by Gasteiger charge is -2.32. The third kappa shape index (κ3) is 5.92. The van der Waals surface area contributed by atoms with Crippen LogP contribution in [-0.4, -0.2) is 81.2 Å². The molecular weight excluding hydrogens is 514 g/mol. The summed E-state index contributed by atoms with van der Waals surface area (Å²) in [5.41, 5.74) is 1.12. The number of rotatable bonds is 8. The number of aliphatic hydroxyl groups excluding tert-OH is 1. The molecule has 3 aromatic heterocycles. The van der Waals surface area contributed by atoms with E-state index in [0.29, 0.717) is 40.7 Å². The van der Waals surface area contributed by atoms with Gasteiger partial charge in [0.1, 0.15) is 11.6 Å². The summed E-state index contributed by atoms with van der Waals surface area (Å²) in [6.07, 6.45) is 8.00. The number of fused-ring (bicyclic) bond motifs is 1. The average Bonchev–Trinajstić information content (AvgIpc) is 3.60. The first kappa shape index (κ1) is 27.2. The van der Waals surface area contributed by atoms with Crippen LogP contribution in [0.15, 0.2) is 55.1 Å². The lowest BCUT2D eigenvalue weighted by atomic mass is 10.1. The van der Waals surface area contributed by atoms with Gasteiger partial charge in [-0.2, -0.15) is 5.10 Å². The van der Waals surface area contributed by atoms with E-state index < -0.39 is 0 Å². The van der Waals surface area contributed by atoms with Gasteiger partial charge in [0.15, 0.2) is 11.5 Å². The molecule has 40 heavy (non-hydrogen) atoms. The molecule has 0 spiro atoms. The highest BCUT2D eigenvalue weighted by molar-refractivity contribution is 6.03. The smallest absolute Gasteiger partial charge is 0.325 e. The molecule has 4 aromatic rings. The zero-order chi connectivity index (χ0) is 28.2. The maximum Gasteiger partial charge on any atom is 0.325 e. The molecule has 5 rings (SSSR count). The largest absolute Gasteiger partial charge is 0.493 e. The lowest BCUT2D eigenvalue weighted by Crippen LogP contribution is -2.38. The summed E-state index contributed by atoms with van der Waals surface area (Å²) in [7, 11) is 3.10. The van der Waals surface area contributed by atoms with E-state index >= 15 is 0 Å². The van der Waals surface area contributed by atoms with E-state index in [0.717, 1.165) is 31.3 Å². The van der Waals surface area contributed by atoms with Crippen molar-refractivity contribution < 1.29 is 24.2 Å². The Morgan fingerprint density at radius 3 is 2.70 bits per heavy atom. The second kappa shape index (κ2) is 11.8. The van der Waals surface area contributed by atoms with Crippen LogP contribution in [0.5, 0.6) is 17.2 Å². The van der Waals surface area contributed by atoms with Crippen molar-refractivity contribution in [1.29, 1.82) is 0 Å². The molecule has 0 saturated carbocycles. The number of pyridine rings is 1. The minimum absolute atomic E-state index is 0.210. The monoisotopic (exact) mass is 547 g/mol. The van der Waals surface area contributed by atoms with E-state index in [-0.39, 0.29) is 24.1 Å². The third-order valence-electron chi connectivity index (χ3n) is 6.93. The number of nitrogens with zero attached hydrogens (tertiary/aromatic N) is 5. The van der Waals surface area contributed by atoms with Crippen molar-refractivity contribution in [1.82, 2.24) is 29.5 Å². The summed E-state index contributed by atoms with van der Waals surface area (Å²) in [5, 5.41) is 20.3. The molecule has 12 nitrogen and oxygen atoms in total. The molecule has 1 atom stereocenters. The highest BCUT2D eigenvalue weighted by Crippen LogP contribution is 2.36. The lowest BCUT2D eigenvalue weighted by molar-refractivity contribution is 0.0991. The molecular formula is C28H33N7O5. The topological polar surface area (TPSA) is 136 Å². The van der Waals surface area contributed by atoms with E-state index in [1.807, 2.05) is 10.7 Å². The Morgan fingerprint density at radius 1 is 1.18 bits per heavy atom. The number of aliphatic hydroxyl groups is 1. The van der Waals surface area contributed by atoms with Crippen molar-refractivity contribution in [2.24, 2.45) is 0 Å². The highest BCUT2D eigenvalue weighted by atomic mass is 16.5. The number of hydrogen-bond donors (Lipinski definition) is 3. The molecule has 1 aliphatic rings. The molecule has 0 unspecified atom stereocenters. The van der Waals surface area contributed by atoms with Gasteiger partial charge in [0.05, 0.1) is 36.5 Å². The molecule has 0 aliphatic carbocycles. The summed E-state index contributed by atoms with van der Waals surface area (Å²) >= 11 is 0. The zero-order valence-corrected chi connectivity index (χ0v) is 22.7. The Labute approximate surface area is 231 Å². The van der Waals surface area contributed by atoms with Gasteiger partial charge >= 0.3 is 6.03 Å². The van der Waals surface area contributed by atoms with E-state index in [9.17, 15) is 14.7 Å². The van der Waals surface area contributed by atoms with Crippen LogP contribution in [0.1, 0.15) is 36.2 Å². The number of nitrogens with one attached hydrogen (secondary N) is 2. The summed E-state index contributed by atoms with van der Waals surface area (Å²) in [6, 6.07) is 8.59. The average molecular weight is 548 g/mol. The number of hydrogen-bond acceptors (Lipinski definition) is 8. The van der Waals surface area contributed by atoms with Crippen molar-refractivity contribution in [3.05, 3.63) is 60.7 Å². The number of amides is 2. The van der Waals surface area contributed by atoms with Crippen molar-refractivity contribution in [2.45, 2.75) is 31.9 Å². The molecule has 0 bridgehead atoms. The zero-order valence-electron chi connectivity index (χ0n) is 22.7. The van der Waals surface area contributed by atoms with Crippen LogP contribution in [0.3, 0.4) is 0 Å². The standard InChI is InChI=1S/C28H33N7O5/c1-18(36)16-33-9-6-21(7-10-33)35-17-20(15-31-35)27(37)32-26-13-22(4-8-30-26)40-25-12-19-5-11-34(28(38)29-2)23(19)14-24(25)39-3/h4-5,8,11-15,17-18,21,36H,6-7,9-10,16H2,1-3H3,(H,29,38)(H,30,32,37)/t18-/m0/s1. The maximum atomic E-state index is 12.9. The number of likely N-dealkylation sites (tertiary alicyclic amines) is 1. The number of ether oxygens (including phenoxy) is 2. The second-order valence-corrected chi connectivity index (χ2v) is 9.83. The summed E-state index contributed by atoms with van der Waals surface area (Å²) < 4.78 is 14.9.